The minimum absolute atomic E-state index is 0.344. The van der Waals surface area contributed by atoms with E-state index in [4.69, 9.17) is 0 Å². The molecule has 0 aromatic heterocycles. The standard InChI is InChI=1S/C16H31N3/c1-13(2)18-16(6,11-17)12-19-9-7-14(8-10-19)15(3,4)5/h13-14,18H,7-10,12H2,1-6H3. The van der Waals surface area contributed by atoms with Crippen LogP contribution in [-0.2, 0) is 0 Å². The van der Waals surface area contributed by atoms with Gasteiger partial charge in [-0.1, -0.05) is 20.8 Å². The molecule has 0 saturated carbocycles. The maximum atomic E-state index is 9.41. The molecule has 110 valence electrons. The molecule has 1 aliphatic rings. The van der Waals surface area contributed by atoms with Crippen LogP contribution in [0.15, 0.2) is 0 Å². The Labute approximate surface area is 119 Å². The molecular weight excluding hydrogens is 234 g/mol. The molecule has 3 nitrogen and oxygen atoms in total. The van der Waals surface area contributed by atoms with Gasteiger partial charge in [0, 0.05) is 12.6 Å². The lowest BCUT2D eigenvalue weighted by Crippen LogP contribution is -2.54. The highest BCUT2D eigenvalue weighted by Crippen LogP contribution is 2.34. The summed E-state index contributed by atoms with van der Waals surface area (Å²) in [6, 6.07) is 2.79. The number of nitrogens with one attached hydrogen (secondary N) is 1. The minimum atomic E-state index is -0.428. The highest BCUT2D eigenvalue weighted by Gasteiger charge is 2.32. The third-order valence-corrected chi connectivity index (χ3v) is 4.21. The highest BCUT2D eigenvalue weighted by atomic mass is 15.2. The van der Waals surface area contributed by atoms with E-state index in [0.717, 1.165) is 25.6 Å². The van der Waals surface area contributed by atoms with Gasteiger partial charge in [-0.25, -0.2) is 0 Å². The number of hydrogen-bond donors (Lipinski definition) is 1. The van der Waals surface area contributed by atoms with Crippen LogP contribution in [0.5, 0.6) is 0 Å². The van der Waals surface area contributed by atoms with E-state index in [1.807, 2.05) is 6.92 Å². The first kappa shape index (κ1) is 16.5. The quantitative estimate of drug-likeness (QED) is 0.849. The third kappa shape index (κ3) is 5.12. The van der Waals surface area contributed by atoms with Crippen molar-refractivity contribution in [2.24, 2.45) is 11.3 Å². The van der Waals surface area contributed by atoms with E-state index >= 15 is 0 Å². The zero-order valence-electron chi connectivity index (χ0n) is 13.6. The molecule has 19 heavy (non-hydrogen) atoms. The summed E-state index contributed by atoms with van der Waals surface area (Å²) in [5.74, 6) is 0.815. The molecule has 1 rings (SSSR count). The molecular formula is C16H31N3. The lowest BCUT2D eigenvalue weighted by Gasteiger charge is -2.41. The van der Waals surface area contributed by atoms with Crippen LogP contribution < -0.4 is 5.32 Å². The van der Waals surface area contributed by atoms with Crippen LogP contribution in [0.2, 0.25) is 0 Å². The van der Waals surface area contributed by atoms with E-state index < -0.39 is 5.54 Å². The molecule has 0 aliphatic carbocycles. The predicted octanol–water partition coefficient (Wildman–Crippen LogP) is 3.02. The van der Waals surface area contributed by atoms with Crippen LogP contribution in [0.4, 0.5) is 0 Å². The van der Waals surface area contributed by atoms with Crippen molar-refractivity contribution in [3.05, 3.63) is 0 Å². The molecule has 0 spiro atoms. The molecule has 1 unspecified atom stereocenters. The van der Waals surface area contributed by atoms with Crippen LogP contribution in [0.1, 0.15) is 54.4 Å². The summed E-state index contributed by atoms with van der Waals surface area (Å²) in [6.45, 7) is 16.3. The Morgan fingerprint density at radius 1 is 1.21 bits per heavy atom. The zero-order chi connectivity index (χ0) is 14.7. The van der Waals surface area contributed by atoms with Gasteiger partial charge in [0.25, 0.3) is 0 Å². The summed E-state index contributed by atoms with van der Waals surface area (Å²) in [4.78, 5) is 2.45. The second kappa shape index (κ2) is 6.24. The Balaban J connectivity index is 2.50. The van der Waals surface area contributed by atoms with Crippen LogP contribution in [-0.4, -0.2) is 36.1 Å². The monoisotopic (exact) mass is 265 g/mol. The van der Waals surface area contributed by atoms with E-state index in [1.54, 1.807) is 0 Å². The summed E-state index contributed by atoms with van der Waals surface area (Å²) < 4.78 is 0. The maximum Gasteiger partial charge on any atom is 0.116 e. The molecule has 1 aliphatic heterocycles. The normalized spacial score (nSPS) is 22.2. The molecule has 3 heteroatoms. The molecule has 1 N–H and O–H groups in total. The topological polar surface area (TPSA) is 39.1 Å². The van der Waals surface area contributed by atoms with Crippen molar-refractivity contribution >= 4 is 0 Å². The van der Waals surface area contributed by atoms with Gasteiger partial charge in [-0.15, -0.1) is 0 Å². The van der Waals surface area contributed by atoms with Crippen LogP contribution in [0.3, 0.4) is 0 Å². The Bertz CT molecular complexity index is 316. The van der Waals surface area contributed by atoms with E-state index in [-0.39, 0.29) is 0 Å². The summed E-state index contributed by atoms with van der Waals surface area (Å²) in [6.07, 6.45) is 2.51. The Morgan fingerprint density at radius 2 is 1.74 bits per heavy atom. The highest BCUT2D eigenvalue weighted by molar-refractivity contribution is 5.06. The third-order valence-electron chi connectivity index (χ3n) is 4.21. The largest absolute Gasteiger partial charge is 0.300 e. The fourth-order valence-electron chi connectivity index (χ4n) is 3.15. The summed E-state index contributed by atoms with van der Waals surface area (Å²) in [7, 11) is 0. The first-order valence-electron chi connectivity index (χ1n) is 7.57. The lowest BCUT2D eigenvalue weighted by molar-refractivity contribution is 0.0979. The molecule has 1 atom stereocenters. The fourth-order valence-corrected chi connectivity index (χ4v) is 3.15. The number of rotatable bonds is 4. The number of hydrogen-bond acceptors (Lipinski definition) is 3. The van der Waals surface area contributed by atoms with Gasteiger partial charge in [0.1, 0.15) is 5.54 Å². The van der Waals surface area contributed by atoms with Gasteiger partial charge in [0.15, 0.2) is 0 Å². The number of likely N-dealkylation sites (tertiary alicyclic amines) is 1. The van der Waals surface area contributed by atoms with Crippen LogP contribution in [0, 0.1) is 22.7 Å². The first-order chi connectivity index (χ1) is 8.66. The fraction of sp³-hybridized carbons (Fsp3) is 0.938. The lowest BCUT2D eigenvalue weighted by atomic mass is 9.75. The van der Waals surface area contributed by atoms with E-state index in [9.17, 15) is 5.26 Å². The summed E-state index contributed by atoms with van der Waals surface area (Å²) >= 11 is 0. The Morgan fingerprint density at radius 3 is 2.11 bits per heavy atom. The van der Waals surface area contributed by atoms with Crippen LogP contribution >= 0.6 is 0 Å². The second-order valence-corrected chi connectivity index (χ2v) is 7.66. The van der Waals surface area contributed by atoms with Crippen molar-refractivity contribution in [3.63, 3.8) is 0 Å². The molecule has 0 radical (unpaired) electrons. The first-order valence-corrected chi connectivity index (χ1v) is 7.57. The van der Waals surface area contributed by atoms with Crippen molar-refractivity contribution in [2.45, 2.75) is 66.0 Å². The number of piperidine rings is 1. The minimum Gasteiger partial charge on any atom is -0.300 e. The van der Waals surface area contributed by atoms with Gasteiger partial charge in [-0.3, -0.25) is 5.32 Å². The van der Waals surface area contributed by atoms with Gasteiger partial charge in [0.2, 0.25) is 0 Å². The maximum absolute atomic E-state index is 9.41. The SMILES string of the molecule is CC(C)NC(C)(C#N)CN1CCC(C(C)(C)C)CC1. The molecule has 0 aromatic carbocycles. The van der Waals surface area contributed by atoms with Crippen molar-refractivity contribution in [2.75, 3.05) is 19.6 Å². The van der Waals surface area contributed by atoms with Crippen molar-refractivity contribution < 1.29 is 0 Å². The average molecular weight is 265 g/mol. The summed E-state index contributed by atoms with van der Waals surface area (Å²) in [5.41, 5.74) is -0.0104. The van der Waals surface area contributed by atoms with Gasteiger partial charge in [0.05, 0.1) is 6.07 Å². The molecule has 1 saturated heterocycles. The molecule has 1 fully saturated rings. The average Bonchev–Trinajstić information content (AvgIpc) is 2.27. The Kier molecular flexibility index (Phi) is 5.41. The van der Waals surface area contributed by atoms with E-state index in [1.165, 1.54) is 12.8 Å². The number of nitriles is 1. The molecule has 1 heterocycles. The zero-order valence-corrected chi connectivity index (χ0v) is 13.6. The van der Waals surface area contributed by atoms with Gasteiger partial charge in [-0.2, -0.15) is 5.26 Å². The van der Waals surface area contributed by atoms with Crippen molar-refractivity contribution in [3.8, 4) is 6.07 Å². The van der Waals surface area contributed by atoms with Crippen molar-refractivity contribution in [1.82, 2.24) is 10.2 Å². The smallest absolute Gasteiger partial charge is 0.116 e. The summed E-state index contributed by atoms with van der Waals surface area (Å²) in [5, 5.41) is 12.8. The second-order valence-electron chi connectivity index (χ2n) is 7.66. The molecule has 0 amide bonds. The molecule has 0 bridgehead atoms. The Hall–Kier alpha value is -0.590. The van der Waals surface area contributed by atoms with Crippen molar-refractivity contribution in [1.29, 1.82) is 5.26 Å². The van der Waals surface area contributed by atoms with Gasteiger partial charge in [-0.05, 0) is 58.0 Å². The van der Waals surface area contributed by atoms with Gasteiger partial charge >= 0.3 is 0 Å². The van der Waals surface area contributed by atoms with Crippen LogP contribution in [0.25, 0.3) is 0 Å². The predicted molar refractivity (Wildman–Crippen MR) is 80.9 cm³/mol. The van der Waals surface area contributed by atoms with E-state index in [2.05, 4.69) is 50.9 Å². The van der Waals surface area contributed by atoms with Gasteiger partial charge < -0.3 is 4.90 Å². The number of nitrogens with zero attached hydrogens (tertiary/aromatic N) is 2. The van der Waals surface area contributed by atoms with E-state index in [0.29, 0.717) is 11.5 Å². The molecule has 0 aromatic rings.